The third kappa shape index (κ3) is 5.63. The van der Waals surface area contributed by atoms with Crippen LogP contribution in [0.4, 0.5) is 0 Å². The Hall–Kier alpha value is -3.74. The largest absolute Gasteiger partial charge is 0.497 e. The molecule has 240 valence electrons. The van der Waals surface area contributed by atoms with Crippen molar-refractivity contribution in [3.05, 3.63) is 47.2 Å². The van der Waals surface area contributed by atoms with Gasteiger partial charge in [0.05, 0.1) is 53.1 Å². The van der Waals surface area contributed by atoms with Gasteiger partial charge in [0, 0.05) is 53.8 Å². The Bertz CT molecular complexity index is 1530. The minimum atomic E-state index is -0.670. The number of methoxy groups -OCH3 is 6. The Morgan fingerprint density at radius 1 is 0.911 bits per heavy atom. The molecule has 2 aromatic carbocycles. The second kappa shape index (κ2) is 13.3. The molecule has 0 spiro atoms. The molecule has 2 aliphatic heterocycles. The zero-order valence-electron chi connectivity index (χ0n) is 26.5. The van der Waals surface area contributed by atoms with E-state index in [0.717, 1.165) is 37.2 Å². The van der Waals surface area contributed by atoms with Gasteiger partial charge in [-0.2, -0.15) is 0 Å². The van der Waals surface area contributed by atoms with E-state index in [0.29, 0.717) is 23.7 Å². The highest BCUT2D eigenvalue weighted by Gasteiger charge is 2.54. The number of H-pyrrole nitrogens is 1. The molecular formula is C33H40N2O9Si. The number of ether oxygens (including phenoxy) is 7. The first-order valence-corrected chi connectivity index (χ1v) is 14.9. The lowest BCUT2D eigenvalue weighted by Gasteiger charge is -2.52. The molecule has 0 bridgehead atoms. The Morgan fingerprint density at radius 3 is 2.27 bits per heavy atom. The summed E-state index contributed by atoms with van der Waals surface area (Å²) in [5.74, 6) is 0.441. The van der Waals surface area contributed by atoms with Crippen LogP contribution in [0.5, 0.6) is 23.0 Å². The van der Waals surface area contributed by atoms with Gasteiger partial charge in [0.15, 0.2) is 11.5 Å². The first-order chi connectivity index (χ1) is 21.3. The zero-order valence-corrected chi connectivity index (χ0v) is 27.5. The molecule has 1 saturated heterocycles. The normalized spacial score (nSPS) is 25.6. The van der Waals surface area contributed by atoms with Crippen LogP contribution in [0.1, 0.15) is 40.5 Å². The van der Waals surface area contributed by atoms with Crippen LogP contribution in [0.2, 0.25) is 0 Å². The molecule has 2 fully saturated rings. The smallest absolute Gasteiger partial charge is 0.338 e. The highest BCUT2D eigenvalue weighted by molar-refractivity contribution is 5.91. The van der Waals surface area contributed by atoms with E-state index in [1.165, 1.54) is 45.1 Å². The minimum absolute atomic E-state index is 0. The molecule has 0 amide bonds. The van der Waals surface area contributed by atoms with Crippen molar-refractivity contribution in [3.63, 3.8) is 0 Å². The Balaban J connectivity index is 0.00000400. The lowest BCUT2D eigenvalue weighted by atomic mass is 9.63. The number of nitrogens with zero attached hydrogens (tertiary/aromatic N) is 1. The standard InChI is InChI=1S/C33H40N2O9.Si/c1-38-19-7-8-20-21-9-10-35-16-18-13-27(44-32(36)17-11-25(39-2)30(41-4)26(12-17)40-3)31(42-5)28(33(37)43-6)22(18)15-24(35)29(21)34-23(20)14-19;/h7-8,11-12,14,18,22,24,27-28,31,34H,9-10,13,15-16H2,1-6H3;/t18-,22+,24-,27-,28+,31+;/m1./s1. The molecule has 6 rings (SSSR count). The number of rotatable bonds is 8. The monoisotopic (exact) mass is 636 g/mol. The van der Waals surface area contributed by atoms with Gasteiger partial charge >= 0.3 is 11.9 Å². The number of carbonyl (C=O) groups excluding carboxylic acids is 2. The summed E-state index contributed by atoms with van der Waals surface area (Å²) in [6, 6.07) is 9.40. The van der Waals surface area contributed by atoms with Gasteiger partial charge in [0.2, 0.25) is 5.75 Å². The number of hydrogen-bond donors (Lipinski definition) is 1. The Kier molecular flexibility index (Phi) is 9.66. The van der Waals surface area contributed by atoms with Crippen LogP contribution in [-0.2, 0) is 25.4 Å². The molecular weight excluding hydrogens is 596 g/mol. The predicted octanol–water partition coefficient (Wildman–Crippen LogP) is 3.79. The number of fused-ring (bicyclic) bond motifs is 6. The molecule has 12 heteroatoms. The van der Waals surface area contributed by atoms with Crippen LogP contribution in [0, 0.1) is 17.8 Å². The van der Waals surface area contributed by atoms with Crippen LogP contribution in [0.15, 0.2) is 30.3 Å². The summed E-state index contributed by atoms with van der Waals surface area (Å²) in [4.78, 5) is 33.1. The lowest BCUT2D eigenvalue weighted by molar-refractivity contribution is -0.176. The SMILES string of the molecule is COC(=O)[C@H]1[C@H]2C[C@@H]3c4[nH]c5cc(OC)ccc5c4CCN3C[C@H]2C[C@@H](OC(=O)c2cc(OC)c(OC)c(OC)c2)[C@@H]1OC.[Si]. The number of esters is 2. The van der Waals surface area contributed by atoms with Gasteiger partial charge in [-0.15, -0.1) is 0 Å². The van der Waals surface area contributed by atoms with Crippen molar-refractivity contribution in [1.82, 2.24) is 9.88 Å². The molecule has 11 nitrogen and oxygen atoms in total. The summed E-state index contributed by atoms with van der Waals surface area (Å²) in [6.45, 7) is 1.68. The fourth-order valence-corrected chi connectivity index (χ4v) is 7.76. The van der Waals surface area contributed by atoms with Gasteiger partial charge < -0.3 is 38.1 Å². The van der Waals surface area contributed by atoms with E-state index >= 15 is 0 Å². The number of benzene rings is 2. The lowest BCUT2D eigenvalue weighted by Crippen LogP contribution is -2.58. The molecule has 3 aromatic rings. The van der Waals surface area contributed by atoms with E-state index < -0.39 is 24.1 Å². The van der Waals surface area contributed by atoms with Crippen molar-refractivity contribution in [2.75, 3.05) is 55.7 Å². The zero-order chi connectivity index (χ0) is 31.1. The van der Waals surface area contributed by atoms with Gasteiger partial charge in [-0.05, 0) is 60.9 Å². The highest BCUT2D eigenvalue weighted by Crippen LogP contribution is 2.51. The summed E-state index contributed by atoms with van der Waals surface area (Å²) < 4.78 is 39.1. The fourth-order valence-electron chi connectivity index (χ4n) is 7.76. The Morgan fingerprint density at radius 2 is 1.64 bits per heavy atom. The average molecular weight is 637 g/mol. The van der Waals surface area contributed by atoms with Crippen LogP contribution >= 0.6 is 0 Å². The van der Waals surface area contributed by atoms with E-state index in [1.807, 2.05) is 12.1 Å². The van der Waals surface area contributed by atoms with Gasteiger partial charge in [0.25, 0.3) is 0 Å². The van der Waals surface area contributed by atoms with Crippen molar-refractivity contribution < 1.29 is 42.7 Å². The molecule has 1 aromatic heterocycles. The number of aromatic nitrogens is 1. The molecule has 45 heavy (non-hydrogen) atoms. The average Bonchev–Trinajstić information content (AvgIpc) is 3.43. The highest BCUT2D eigenvalue weighted by atomic mass is 28.1. The van der Waals surface area contributed by atoms with Crippen LogP contribution in [0.3, 0.4) is 0 Å². The van der Waals surface area contributed by atoms with Gasteiger partial charge in [-0.25, -0.2) is 4.79 Å². The maximum Gasteiger partial charge on any atom is 0.338 e. The molecule has 4 radical (unpaired) electrons. The molecule has 1 N–H and O–H groups in total. The van der Waals surface area contributed by atoms with Gasteiger partial charge in [-0.1, -0.05) is 0 Å². The van der Waals surface area contributed by atoms with E-state index in [-0.39, 0.29) is 40.4 Å². The predicted molar refractivity (Wildman–Crippen MR) is 166 cm³/mol. The van der Waals surface area contributed by atoms with Crippen molar-refractivity contribution in [1.29, 1.82) is 0 Å². The molecule has 3 heterocycles. The van der Waals surface area contributed by atoms with Crippen molar-refractivity contribution in [2.24, 2.45) is 17.8 Å². The topological polar surface area (TPSA) is 118 Å². The van der Waals surface area contributed by atoms with Gasteiger partial charge in [-0.3, -0.25) is 9.69 Å². The van der Waals surface area contributed by atoms with Crippen LogP contribution in [-0.4, -0.2) is 101 Å². The third-order valence-corrected chi connectivity index (χ3v) is 9.76. The minimum Gasteiger partial charge on any atom is -0.497 e. The van der Waals surface area contributed by atoms with E-state index in [1.54, 1.807) is 26.4 Å². The molecule has 0 unspecified atom stereocenters. The van der Waals surface area contributed by atoms with Gasteiger partial charge in [0.1, 0.15) is 18.0 Å². The second-order valence-electron chi connectivity index (χ2n) is 11.7. The quantitative estimate of drug-likeness (QED) is 0.289. The summed E-state index contributed by atoms with van der Waals surface area (Å²) >= 11 is 0. The van der Waals surface area contributed by atoms with Crippen LogP contribution < -0.4 is 18.9 Å². The third-order valence-electron chi connectivity index (χ3n) is 9.76. The first kappa shape index (κ1) is 32.6. The van der Waals surface area contributed by atoms with Crippen molar-refractivity contribution in [3.8, 4) is 23.0 Å². The van der Waals surface area contributed by atoms with Crippen molar-refractivity contribution in [2.45, 2.75) is 37.5 Å². The first-order valence-electron chi connectivity index (χ1n) is 14.9. The Labute approximate surface area is 267 Å². The second-order valence-corrected chi connectivity index (χ2v) is 11.7. The van der Waals surface area contributed by atoms with E-state index in [9.17, 15) is 9.59 Å². The summed E-state index contributed by atoms with van der Waals surface area (Å²) in [6.07, 6.45) is 0.920. The molecule has 6 atom stereocenters. The number of carbonyl (C=O) groups is 2. The number of hydrogen-bond acceptors (Lipinski definition) is 10. The molecule has 1 saturated carbocycles. The van der Waals surface area contributed by atoms with E-state index in [4.69, 9.17) is 33.2 Å². The van der Waals surface area contributed by atoms with Crippen LogP contribution in [0.25, 0.3) is 10.9 Å². The number of nitrogens with one attached hydrogen (secondary N) is 1. The maximum absolute atomic E-state index is 13.5. The number of piperidine rings is 1. The number of aromatic amines is 1. The molecule has 3 aliphatic rings. The fraction of sp³-hybridized carbons (Fsp3) is 0.515. The summed E-state index contributed by atoms with van der Waals surface area (Å²) in [5, 5.41) is 1.21. The maximum atomic E-state index is 13.5. The molecule has 1 aliphatic carbocycles. The van der Waals surface area contributed by atoms with E-state index in [2.05, 4.69) is 16.0 Å². The van der Waals surface area contributed by atoms with Crippen molar-refractivity contribution >= 4 is 33.8 Å². The summed E-state index contributed by atoms with van der Waals surface area (Å²) in [7, 11) is 9.10. The summed E-state index contributed by atoms with van der Waals surface area (Å²) in [5.41, 5.74) is 3.83.